The molecule has 2 N–H and O–H groups in total. The molecular formula is C19H21F2NO2S. The van der Waals surface area contributed by atoms with E-state index in [0.717, 1.165) is 0 Å². The van der Waals surface area contributed by atoms with Gasteiger partial charge in [-0.2, -0.15) is 0 Å². The lowest BCUT2D eigenvalue weighted by Gasteiger charge is -2.18. The molecule has 3 nitrogen and oxygen atoms in total. The van der Waals surface area contributed by atoms with Crippen LogP contribution in [0.15, 0.2) is 53.4 Å². The summed E-state index contributed by atoms with van der Waals surface area (Å²) in [6, 6.07) is 11.9. The summed E-state index contributed by atoms with van der Waals surface area (Å²) in [5.74, 6) is -0.323. The van der Waals surface area contributed by atoms with Gasteiger partial charge >= 0.3 is 0 Å². The standard InChI is InChI=1S/C19H21F2NO2S/c1-13(12-17(23)14-6-8-15(20)9-7-14)22-19(24)10-11-25-18-5-3-2-4-16(18)21/h2-9,13,17,23H,10-12H2,1H3,(H,22,24)/t13-,17-/m0/s1. The summed E-state index contributed by atoms with van der Waals surface area (Å²) < 4.78 is 26.4. The number of amides is 1. The van der Waals surface area contributed by atoms with E-state index < -0.39 is 6.10 Å². The van der Waals surface area contributed by atoms with Gasteiger partial charge in [0.15, 0.2) is 0 Å². The minimum Gasteiger partial charge on any atom is -0.388 e. The number of nitrogens with one attached hydrogen (secondary N) is 1. The molecule has 25 heavy (non-hydrogen) atoms. The predicted molar refractivity (Wildman–Crippen MR) is 95.3 cm³/mol. The largest absolute Gasteiger partial charge is 0.388 e. The van der Waals surface area contributed by atoms with Crippen LogP contribution in [0.4, 0.5) is 8.78 Å². The topological polar surface area (TPSA) is 49.3 Å². The van der Waals surface area contributed by atoms with E-state index >= 15 is 0 Å². The number of aliphatic hydroxyl groups is 1. The number of benzene rings is 2. The first-order chi connectivity index (χ1) is 12.0. The zero-order valence-corrected chi connectivity index (χ0v) is 14.7. The van der Waals surface area contributed by atoms with Crippen LogP contribution >= 0.6 is 11.8 Å². The molecule has 0 aliphatic carbocycles. The smallest absolute Gasteiger partial charge is 0.221 e. The molecule has 0 aliphatic heterocycles. The van der Waals surface area contributed by atoms with E-state index in [0.29, 0.717) is 22.6 Å². The second-order valence-corrected chi connectivity index (χ2v) is 6.94. The van der Waals surface area contributed by atoms with Crippen molar-refractivity contribution in [3.63, 3.8) is 0 Å². The van der Waals surface area contributed by atoms with E-state index in [-0.39, 0.29) is 30.0 Å². The van der Waals surface area contributed by atoms with Gasteiger partial charge < -0.3 is 10.4 Å². The minimum absolute atomic E-state index is 0.150. The molecule has 0 aliphatic rings. The average molecular weight is 365 g/mol. The lowest BCUT2D eigenvalue weighted by atomic mass is 10.0. The summed E-state index contributed by atoms with van der Waals surface area (Å²) in [7, 11) is 0. The Morgan fingerprint density at radius 3 is 2.52 bits per heavy atom. The van der Waals surface area contributed by atoms with E-state index in [1.165, 1.54) is 42.1 Å². The van der Waals surface area contributed by atoms with Crippen LogP contribution in [0.5, 0.6) is 0 Å². The van der Waals surface area contributed by atoms with Gasteiger partial charge in [0.2, 0.25) is 5.91 Å². The van der Waals surface area contributed by atoms with Crippen molar-refractivity contribution in [3.8, 4) is 0 Å². The minimum atomic E-state index is -0.774. The van der Waals surface area contributed by atoms with E-state index in [1.807, 2.05) is 0 Å². The fourth-order valence-electron chi connectivity index (χ4n) is 2.38. The summed E-state index contributed by atoms with van der Waals surface area (Å²) in [6.07, 6.45) is -0.183. The van der Waals surface area contributed by atoms with E-state index in [9.17, 15) is 18.7 Å². The Labute approximate surface area is 150 Å². The Bertz CT molecular complexity index is 694. The quantitative estimate of drug-likeness (QED) is 0.693. The fraction of sp³-hybridized carbons (Fsp3) is 0.316. The highest BCUT2D eigenvalue weighted by Gasteiger charge is 2.14. The maximum Gasteiger partial charge on any atom is 0.221 e. The number of aliphatic hydroxyl groups excluding tert-OH is 1. The van der Waals surface area contributed by atoms with Crippen molar-refractivity contribution >= 4 is 17.7 Å². The van der Waals surface area contributed by atoms with Gasteiger partial charge in [0.05, 0.1) is 6.10 Å². The third-order valence-electron chi connectivity index (χ3n) is 3.66. The maximum absolute atomic E-state index is 13.5. The number of carbonyl (C=O) groups excluding carboxylic acids is 1. The molecule has 0 spiro atoms. The molecule has 0 saturated heterocycles. The zero-order chi connectivity index (χ0) is 18.2. The van der Waals surface area contributed by atoms with Crippen LogP contribution < -0.4 is 5.32 Å². The van der Waals surface area contributed by atoms with E-state index in [4.69, 9.17) is 0 Å². The molecule has 134 valence electrons. The highest BCUT2D eigenvalue weighted by atomic mass is 32.2. The number of rotatable bonds is 8. The monoisotopic (exact) mass is 365 g/mol. The number of carbonyl (C=O) groups is 1. The average Bonchev–Trinajstić information content (AvgIpc) is 2.57. The number of hydrogen-bond acceptors (Lipinski definition) is 3. The summed E-state index contributed by atoms with van der Waals surface area (Å²) in [5, 5.41) is 12.9. The van der Waals surface area contributed by atoms with E-state index in [1.54, 1.807) is 25.1 Å². The van der Waals surface area contributed by atoms with Gasteiger partial charge in [0.25, 0.3) is 0 Å². The second-order valence-electron chi connectivity index (χ2n) is 5.80. The molecule has 0 bridgehead atoms. The first-order valence-electron chi connectivity index (χ1n) is 8.06. The molecule has 0 aromatic heterocycles. The fourth-order valence-corrected chi connectivity index (χ4v) is 3.27. The van der Waals surface area contributed by atoms with Crippen LogP contribution in [0.2, 0.25) is 0 Å². The molecule has 0 unspecified atom stereocenters. The molecule has 1 amide bonds. The van der Waals surface area contributed by atoms with Gasteiger partial charge in [-0.05, 0) is 43.2 Å². The van der Waals surface area contributed by atoms with Crippen LogP contribution in [0, 0.1) is 11.6 Å². The van der Waals surface area contributed by atoms with Crippen molar-refractivity contribution < 1.29 is 18.7 Å². The van der Waals surface area contributed by atoms with Crippen molar-refractivity contribution in [1.29, 1.82) is 0 Å². The van der Waals surface area contributed by atoms with Crippen LogP contribution in [0.3, 0.4) is 0 Å². The molecular weight excluding hydrogens is 344 g/mol. The summed E-state index contributed by atoms with van der Waals surface area (Å²) in [6.45, 7) is 1.80. The van der Waals surface area contributed by atoms with Crippen molar-refractivity contribution in [3.05, 3.63) is 65.7 Å². The molecule has 2 aromatic rings. The van der Waals surface area contributed by atoms with Gasteiger partial charge in [0.1, 0.15) is 11.6 Å². The molecule has 0 heterocycles. The molecule has 2 aromatic carbocycles. The lowest BCUT2D eigenvalue weighted by Crippen LogP contribution is -2.33. The van der Waals surface area contributed by atoms with Crippen molar-refractivity contribution in [1.82, 2.24) is 5.32 Å². The summed E-state index contributed by atoms with van der Waals surface area (Å²) in [4.78, 5) is 12.5. The molecule has 0 fully saturated rings. The third-order valence-corrected chi connectivity index (χ3v) is 4.71. The van der Waals surface area contributed by atoms with E-state index in [2.05, 4.69) is 5.32 Å². The summed E-state index contributed by atoms with van der Waals surface area (Å²) in [5.41, 5.74) is 0.609. The highest BCUT2D eigenvalue weighted by Crippen LogP contribution is 2.22. The first kappa shape index (κ1) is 19.4. The SMILES string of the molecule is C[C@@H](C[C@H](O)c1ccc(F)cc1)NC(=O)CCSc1ccccc1F. The normalized spacial score (nSPS) is 13.3. The molecule has 6 heteroatoms. The van der Waals surface area contributed by atoms with Gasteiger partial charge in [-0.3, -0.25) is 4.79 Å². The Morgan fingerprint density at radius 1 is 1.16 bits per heavy atom. The Morgan fingerprint density at radius 2 is 1.84 bits per heavy atom. The molecule has 2 atom stereocenters. The van der Waals surface area contributed by atoms with Crippen LogP contribution in [0.1, 0.15) is 31.4 Å². The Hall–Kier alpha value is -1.92. The Kier molecular flexibility index (Phi) is 7.40. The van der Waals surface area contributed by atoms with Crippen molar-refractivity contribution in [2.75, 3.05) is 5.75 Å². The Balaban J connectivity index is 1.72. The van der Waals surface area contributed by atoms with Gasteiger partial charge in [-0.25, -0.2) is 8.78 Å². The predicted octanol–water partition coefficient (Wildman–Crippen LogP) is 4.08. The molecule has 2 rings (SSSR count). The van der Waals surface area contributed by atoms with Crippen LogP contribution in [0.25, 0.3) is 0 Å². The highest BCUT2D eigenvalue weighted by molar-refractivity contribution is 7.99. The molecule has 0 radical (unpaired) electrons. The van der Waals surface area contributed by atoms with Crippen LogP contribution in [-0.4, -0.2) is 22.8 Å². The first-order valence-corrected chi connectivity index (χ1v) is 9.04. The van der Waals surface area contributed by atoms with Gasteiger partial charge in [0, 0.05) is 23.1 Å². The summed E-state index contributed by atoms with van der Waals surface area (Å²) >= 11 is 1.29. The van der Waals surface area contributed by atoms with Gasteiger partial charge in [-0.1, -0.05) is 24.3 Å². The maximum atomic E-state index is 13.5. The third kappa shape index (κ3) is 6.48. The van der Waals surface area contributed by atoms with Crippen molar-refractivity contribution in [2.24, 2.45) is 0 Å². The number of thioether (sulfide) groups is 1. The lowest BCUT2D eigenvalue weighted by molar-refractivity contribution is -0.121. The molecule has 0 saturated carbocycles. The van der Waals surface area contributed by atoms with Crippen LogP contribution in [-0.2, 0) is 4.79 Å². The number of hydrogen-bond donors (Lipinski definition) is 2. The zero-order valence-electron chi connectivity index (χ0n) is 13.9. The van der Waals surface area contributed by atoms with Crippen molar-refractivity contribution in [2.45, 2.75) is 36.8 Å². The number of halogens is 2. The second kappa shape index (κ2) is 9.53. The van der Waals surface area contributed by atoms with Gasteiger partial charge in [-0.15, -0.1) is 11.8 Å².